The molecule has 4 aromatic rings. The van der Waals surface area contributed by atoms with Crippen molar-refractivity contribution < 1.29 is 0 Å². The van der Waals surface area contributed by atoms with Crippen molar-refractivity contribution in [1.82, 2.24) is 14.3 Å². The van der Waals surface area contributed by atoms with Gasteiger partial charge in [-0.05, 0) is 44.2 Å². The molecule has 136 valence electrons. The summed E-state index contributed by atoms with van der Waals surface area (Å²) < 4.78 is 3.42. The number of pyridine rings is 1. The lowest BCUT2D eigenvalue weighted by Crippen LogP contribution is -2.21. The molecule has 0 N–H and O–H groups in total. The smallest absolute Gasteiger partial charge is 0.279 e. The van der Waals surface area contributed by atoms with Crippen molar-refractivity contribution >= 4 is 34.1 Å². The first-order chi connectivity index (χ1) is 13.0. The number of para-hydroxylation sites is 1. The van der Waals surface area contributed by atoms with Crippen LogP contribution in [0.15, 0.2) is 65.6 Å². The molecule has 0 amide bonds. The number of nitrogens with zero attached hydrogens (tertiary/aromatic N) is 3. The third-order valence-corrected chi connectivity index (χ3v) is 5.09. The monoisotopic (exact) mass is 397 g/mol. The van der Waals surface area contributed by atoms with Gasteiger partial charge in [-0.1, -0.05) is 47.5 Å². The van der Waals surface area contributed by atoms with Crippen molar-refractivity contribution in [3.05, 3.63) is 81.2 Å². The number of fused-ring (bicyclic) bond motifs is 1. The van der Waals surface area contributed by atoms with Gasteiger partial charge in [0.1, 0.15) is 0 Å². The molecule has 0 aliphatic carbocycles. The molecular weight excluding hydrogens is 381 g/mol. The van der Waals surface area contributed by atoms with Crippen LogP contribution in [0.2, 0.25) is 10.0 Å². The van der Waals surface area contributed by atoms with E-state index in [-0.39, 0.29) is 11.6 Å². The van der Waals surface area contributed by atoms with Gasteiger partial charge in [-0.25, -0.2) is 4.68 Å². The van der Waals surface area contributed by atoms with Crippen LogP contribution in [-0.2, 0) is 0 Å². The quantitative estimate of drug-likeness (QED) is 0.441. The first-order valence-corrected chi connectivity index (χ1v) is 9.37. The number of hydrogen-bond donors (Lipinski definition) is 0. The van der Waals surface area contributed by atoms with E-state index in [0.717, 1.165) is 22.3 Å². The zero-order valence-electron chi connectivity index (χ0n) is 14.9. The topological polar surface area (TPSA) is 39.8 Å². The van der Waals surface area contributed by atoms with Gasteiger partial charge in [0, 0.05) is 28.2 Å². The number of halogens is 2. The lowest BCUT2D eigenvalue weighted by Gasteiger charge is -2.10. The highest BCUT2D eigenvalue weighted by atomic mass is 35.5. The van der Waals surface area contributed by atoms with Crippen molar-refractivity contribution in [2.24, 2.45) is 0 Å². The molecule has 0 bridgehead atoms. The second-order valence-electron chi connectivity index (χ2n) is 6.60. The molecule has 2 aromatic heterocycles. The number of benzene rings is 2. The van der Waals surface area contributed by atoms with E-state index in [4.69, 9.17) is 23.2 Å². The minimum atomic E-state index is -0.122. The Morgan fingerprint density at radius 3 is 2.33 bits per heavy atom. The molecule has 6 heteroatoms. The Hall–Kier alpha value is -2.56. The predicted octanol–water partition coefficient (Wildman–Crippen LogP) is 5.74. The number of hydrogen-bond acceptors (Lipinski definition) is 2. The minimum Gasteiger partial charge on any atom is -0.311 e. The summed E-state index contributed by atoms with van der Waals surface area (Å²) in [5, 5.41) is 6.64. The van der Waals surface area contributed by atoms with Crippen molar-refractivity contribution in [2.45, 2.75) is 19.9 Å². The highest BCUT2D eigenvalue weighted by Gasteiger charge is 2.19. The van der Waals surface area contributed by atoms with Crippen LogP contribution < -0.4 is 5.56 Å². The number of aromatic nitrogens is 3. The maximum absolute atomic E-state index is 13.0. The van der Waals surface area contributed by atoms with Crippen LogP contribution in [0, 0.1) is 0 Å². The summed E-state index contributed by atoms with van der Waals surface area (Å²) in [4.78, 5) is 13.0. The zero-order valence-corrected chi connectivity index (χ0v) is 16.4. The van der Waals surface area contributed by atoms with Gasteiger partial charge >= 0.3 is 0 Å². The molecule has 27 heavy (non-hydrogen) atoms. The van der Waals surface area contributed by atoms with Gasteiger partial charge in [0.05, 0.1) is 16.4 Å². The summed E-state index contributed by atoms with van der Waals surface area (Å²) in [5.74, 6) is 0. The molecule has 0 aliphatic rings. The summed E-state index contributed by atoms with van der Waals surface area (Å²) in [6.07, 6.45) is 1.81. The van der Waals surface area contributed by atoms with E-state index in [9.17, 15) is 4.79 Å². The molecule has 0 radical (unpaired) electrons. The first kappa shape index (κ1) is 17.8. The molecule has 0 unspecified atom stereocenters. The maximum atomic E-state index is 13.0. The average molecular weight is 398 g/mol. The van der Waals surface area contributed by atoms with E-state index in [2.05, 4.69) is 5.10 Å². The molecule has 0 saturated carbocycles. The standard InChI is InChI=1S/C21H17Cl2N3O/c1-13(2)25-12-11-16-19(21(25)27)24-26(18-6-4-3-5-17(18)23)20(16)14-7-9-15(22)10-8-14/h3-13H,1-2H3. The Balaban J connectivity index is 2.11. The van der Waals surface area contributed by atoms with Crippen LogP contribution in [0.4, 0.5) is 0 Å². The van der Waals surface area contributed by atoms with Gasteiger partial charge in [0.25, 0.3) is 5.56 Å². The fourth-order valence-electron chi connectivity index (χ4n) is 3.18. The molecule has 0 saturated heterocycles. The van der Waals surface area contributed by atoms with E-state index in [1.54, 1.807) is 15.3 Å². The summed E-state index contributed by atoms with van der Waals surface area (Å²) in [7, 11) is 0. The van der Waals surface area contributed by atoms with Gasteiger partial charge in [0.15, 0.2) is 5.52 Å². The Morgan fingerprint density at radius 1 is 0.963 bits per heavy atom. The molecule has 0 fully saturated rings. The highest BCUT2D eigenvalue weighted by molar-refractivity contribution is 6.32. The van der Waals surface area contributed by atoms with Crippen molar-refractivity contribution in [1.29, 1.82) is 0 Å². The third kappa shape index (κ3) is 3.05. The first-order valence-electron chi connectivity index (χ1n) is 8.62. The fraction of sp³-hybridized carbons (Fsp3) is 0.143. The normalized spacial score (nSPS) is 11.4. The molecule has 0 atom stereocenters. The van der Waals surface area contributed by atoms with Gasteiger partial charge in [-0.2, -0.15) is 5.10 Å². The minimum absolute atomic E-state index is 0.0475. The van der Waals surface area contributed by atoms with Gasteiger partial charge < -0.3 is 4.57 Å². The predicted molar refractivity (Wildman–Crippen MR) is 111 cm³/mol. The maximum Gasteiger partial charge on any atom is 0.279 e. The average Bonchev–Trinajstić information content (AvgIpc) is 3.03. The van der Waals surface area contributed by atoms with E-state index in [1.165, 1.54) is 0 Å². The fourth-order valence-corrected chi connectivity index (χ4v) is 3.52. The lowest BCUT2D eigenvalue weighted by atomic mass is 10.1. The molecule has 0 spiro atoms. The van der Waals surface area contributed by atoms with Crippen LogP contribution in [0.25, 0.3) is 27.8 Å². The molecule has 2 heterocycles. The Labute approximate surface area is 166 Å². The molecule has 2 aromatic carbocycles. The Morgan fingerprint density at radius 2 is 1.67 bits per heavy atom. The summed E-state index contributed by atoms with van der Waals surface area (Å²) >= 11 is 12.5. The second kappa shape index (κ2) is 6.87. The van der Waals surface area contributed by atoms with Gasteiger partial charge in [-0.15, -0.1) is 0 Å². The van der Waals surface area contributed by atoms with Crippen LogP contribution >= 0.6 is 23.2 Å². The summed E-state index contributed by atoms with van der Waals surface area (Å²) in [5.41, 5.74) is 2.72. The van der Waals surface area contributed by atoms with Crippen LogP contribution in [0.1, 0.15) is 19.9 Å². The number of rotatable bonds is 3. The largest absolute Gasteiger partial charge is 0.311 e. The van der Waals surface area contributed by atoms with Crippen LogP contribution in [0.3, 0.4) is 0 Å². The molecule has 4 rings (SSSR count). The van der Waals surface area contributed by atoms with Crippen molar-refractivity contribution in [2.75, 3.05) is 0 Å². The molecular formula is C21H17Cl2N3O. The van der Waals surface area contributed by atoms with Crippen molar-refractivity contribution in [3.8, 4) is 16.9 Å². The van der Waals surface area contributed by atoms with E-state index < -0.39 is 0 Å². The van der Waals surface area contributed by atoms with Gasteiger partial charge in [-0.3, -0.25) is 4.79 Å². The second-order valence-corrected chi connectivity index (χ2v) is 7.45. The van der Waals surface area contributed by atoms with Gasteiger partial charge in [0.2, 0.25) is 0 Å². The summed E-state index contributed by atoms with van der Waals surface area (Å²) in [6.45, 7) is 3.94. The highest BCUT2D eigenvalue weighted by Crippen LogP contribution is 2.33. The Kier molecular flexibility index (Phi) is 4.54. The van der Waals surface area contributed by atoms with Crippen LogP contribution in [-0.4, -0.2) is 14.3 Å². The Bertz CT molecular complexity index is 1190. The molecule has 4 nitrogen and oxygen atoms in total. The van der Waals surface area contributed by atoms with Crippen molar-refractivity contribution in [3.63, 3.8) is 0 Å². The van der Waals surface area contributed by atoms with E-state index >= 15 is 0 Å². The molecule has 0 aliphatic heterocycles. The van der Waals surface area contributed by atoms with E-state index in [1.807, 2.05) is 68.6 Å². The van der Waals surface area contributed by atoms with Crippen LogP contribution in [0.5, 0.6) is 0 Å². The summed E-state index contributed by atoms with van der Waals surface area (Å²) in [6, 6.07) is 16.9. The lowest BCUT2D eigenvalue weighted by molar-refractivity contribution is 0.581. The van der Waals surface area contributed by atoms with E-state index in [0.29, 0.717) is 15.6 Å². The SMILES string of the molecule is CC(C)n1ccc2c(-c3ccc(Cl)cc3)n(-c3ccccc3Cl)nc2c1=O. The third-order valence-electron chi connectivity index (χ3n) is 4.52. The zero-order chi connectivity index (χ0) is 19.1.